The molecule has 0 bridgehead atoms. The molecule has 0 atom stereocenters. The van der Waals surface area contributed by atoms with Gasteiger partial charge in [0.1, 0.15) is 5.02 Å². The van der Waals surface area contributed by atoms with Crippen LogP contribution in [-0.2, 0) is 0 Å². The number of halogens is 1. The maximum Gasteiger partial charge on any atom is 0.224 e. The van der Waals surface area contributed by atoms with Crippen molar-refractivity contribution in [2.24, 2.45) is 5.41 Å². The van der Waals surface area contributed by atoms with Crippen LogP contribution in [0.25, 0.3) is 0 Å². The predicted octanol–water partition coefficient (Wildman–Crippen LogP) is 4.97. The molecule has 0 aliphatic rings. The van der Waals surface area contributed by atoms with Crippen molar-refractivity contribution >= 4 is 23.4 Å². The van der Waals surface area contributed by atoms with Gasteiger partial charge in [0.2, 0.25) is 5.95 Å². The summed E-state index contributed by atoms with van der Waals surface area (Å²) in [5, 5.41) is 7.12. The van der Waals surface area contributed by atoms with Gasteiger partial charge in [-0.2, -0.15) is 4.98 Å². The van der Waals surface area contributed by atoms with E-state index in [9.17, 15) is 0 Å². The number of nitrogens with one attached hydrogen (secondary N) is 2. The molecule has 0 saturated carbocycles. The van der Waals surface area contributed by atoms with E-state index in [1.807, 2.05) is 0 Å². The highest BCUT2D eigenvalue weighted by Gasteiger charge is 2.18. The molecule has 21 heavy (non-hydrogen) atoms. The summed E-state index contributed by atoms with van der Waals surface area (Å²) >= 11 is 6.17. The van der Waals surface area contributed by atoms with E-state index in [1.165, 1.54) is 25.7 Å². The monoisotopic (exact) mass is 312 g/mol. The lowest BCUT2D eigenvalue weighted by atomic mass is 9.87. The molecule has 1 aromatic heterocycles. The fraction of sp³-hybridized carbons (Fsp3) is 0.750. The van der Waals surface area contributed by atoms with Gasteiger partial charge in [-0.1, -0.05) is 58.6 Å². The third-order valence-electron chi connectivity index (χ3n) is 3.47. The van der Waals surface area contributed by atoms with E-state index in [1.54, 1.807) is 6.20 Å². The lowest BCUT2D eigenvalue weighted by molar-refractivity contribution is 0.342. The van der Waals surface area contributed by atoms with Gasteiger partial charge >= 0.3 is 0 Å². The van der Waals surface area contributed by atoms with E-state index in [4.69, 9.17) is 11.6 Å². The zero-order chi connectivity index (χ0) is 15.7. The van der Waals surface area contributed by atoms with Crippen LogP contribution >= 0.6 is 11.6 Å². The average molecular weight is 313 g/mol. The van der Waals surface area contributed by atoms with Gasteiger partial charge in [0.15, 0.2) is 5.82 Å². The summed E-state index contributed by atoms with van der Waals surface area (Å²) in [7, 11) is 0. The summed E-state index contributed by atoms with van der Waals surface area (Å²) in [6.45, 7) is 10.6. The summed E-state index contributed by atoms with van der Waals surface area (Å²) < 4.78 is 0. The van der Waals surface area contributed by atoms with Crippen LogP contribution in [0.4, 0.5) is 11.8 Å². The molecule has 0 spiro atoms. The highest BCUT2D eigenvalue weighted by molar-refractivity contribution is 6.32. The minimum Gasteiger partial charge on any atom is -0.368 e. The number of hydrogen-bond donors (Lipinski definition) is 2. The second-order valence-corrected chi connectivity index (χ2v) is 6.70. The first-order valence-electron chi connectivity index (χ1n) is 7.99. The van der Waals surface area contributed by atoms with Crippen molar-refractivity contribution in [1.29, 1.82) is 0 Å². The van der Waals surface area contributed by atoms with Crippen molar-refractivity contribution in [3.63, 3.8) is 0 Å². The van der Waals surface area contributed by atoms with Crippen molar-refractivity contribution in [3.8, 4) is 0 Å². The number of rotatable bonds is 10. The summed E-state index contributed by atoms with van der Waals surface area (Å²) in [4.78, 5) is 8.63. The normalized spacial score (nSPS) is 11.5. The first-order chi connectivity index (χ1) is 9.98. The number of hydrogen-bond acceptors (Lipinski definition) is 4. The number of aromatic nitrogens is 2. The molecule has 1 rings (SSSR count). The molecule has 0 saturated heterocycles. The van der Waals surface area contributed by atoms with Crippen LogP contribution in [0.2, 0.25) is 5.02 Å². The molecular formula is C16H29ClN4. The van der Waals surface area contributed by atoms with Gasteiger partial charge in [-0.15, -0.1) is 0 Å². The van der Waals surface area contributed by atoms with E-state index in [2.05, 4.69) is 48.3 Å². The quantitative estimate of drug-likeness (QED) is 0.599. The van der Waals surface area contributed by atoms with Gasteiger partial charge < -0.3 is 10.6 Å². The Bertz CT molecular complexity index is 421. The van der Waals surface area contributed by atoms with Crippen molar-refractivity contribution in [2.75, 3.05) is 23.7 Å². The standard InChI is InChI=1S/C16H29ClN4/c1-5-7-8-9-16(3,4)12-20-14-13(17)11-19-15(21-14)18-10-6-2/h11H,5-10,12H2,1-4H3,(H2,18,19,20,21). The maximum atomic E-state index is 6.17. The molecule has 2 N–H and O–H groups in total. The van der Waals surface area contributed by atoms with Gasteiger partial charge in [-0.3, -0.25) is 0 Å². The molecule has 1 aromatic rings. The molecule has 0 aliphatic carbocycles. The summed E-state index contributed by atoms with van der Waals surface area (Å²) in [5.41, 5.74) is 0.237. The van der Waals surface area contributed by atoms with Crippen molar-refractivity contribution in [2.45, 2.75) is 59.8 Å². The van der Waals surface area contributed by atoms with E-state index >= 15 is 0 Å². The maximum absolute atomic E-state index is 6.17. The van der Waals surface area contributed by atoms with Gasteiger partial charge in [-0.25, -0.2) is 4.98 Å². The fourth-order valence-corrected chi connectivity index (χ4v) is 2.24. The smallest absolute Gasteiger partial charge is 0.224 e. The van der Waals surface area contributed by atoms with E-state index in [0.717, 1.165) is 19.5 Å². The van der Waals surface area contributed by atoms with Crippen molar-refractivity contribution < 1.29 is 0 Å². The lowest BCUT2D eigenvalue weighted by Crippen LogP contribution is -2.23. The van der Waals surface area contributed by atoms with Gasteiger partial charge in [-0.05, 0) is 18.3 Å². The molecule has 0 aromatic carbocycles. The SMILES string of the molecule is CCCCCC(C)(C)CNc1nc(NCCC)ncc1Cl. The summed E-state index contributed by atoms with van der Waals surface area (Å²) in [6.07, 6.45) is 7.72. The minimum atomic E-state index is 0.237. The second-order valence-electron chi connectivity index (χ2n) is 6.29. The molecule has 0 aliphatic heterocycles. The van der Waals surface area contributed by atoms with E-state index in [0.29, 0.717) is 16.8 Å². The van der Waals surface area contributed by atoms with Gasteiger partial charge in [0, 0.05) is 13.1 Å². The second kappa shape index (κ2) is 9.08. The van der Waals surface area contributed by atoms with Gasteiger partial charge in [0.25, 0.3) is 0 Å². The fourth-order valence-electron chi connectivity index (χ4n) is 2.08. The molecule has 120 valence electrons. The van der Waals surface area contributed by atoms with E-state index < -0.39 is 0 Å². The van der Waals surface area contributed by atoms with Crippen molar-refractivity contribution in [3.05, 3.63) is 11.2 Å². The Morgan fingerprint density at radius 2 is 1.90 bits per heavy atom. The topological polar surface area (TPSA) is 49.8 Å². The highest BCUT2D eigenvalue weighted by Crippen LogP contribution is 2.26. The first kappa shape index (κ1) is 18.0. The Kier molecular flexibility index (Phi) is 7.79. The highest BCUT2D eigenvalue weighted by atomic mass is 35.5. The summed E-state index contributed by atoms with van der Waals surface area (Å²) in [6, 6.07) is 0. The minimum absolute atomic E-state index is 0.237. The van der Waals surface area contributed by atoms with Crippen LogP contribution in [0.1, 0.15) is 59.8 Å². The third-order valence-corrected chi connectivity index (χ3v) is 3.75. The largest absolute Gasteiger partial charge is 0.368 e. The first-order valence-corrected chi connectivity index (χ1v) is 8.36. The van der Waals surface area contributed by atoms with Crippen LogP contribution in [0, 0.1) is 5.41 Å². The van der Waals surface area contributed by atoms with Gasteiger partial charge in [0.05, 0.1) is 6.20 Å². The Labute approximate surface area is 134 Å². The van der Waals surface area contributed by atoms with Crippen LogP contribution in [0.3, 0.4) is 0 Å². The van der Waals surface area contributed by atoms with Crippen LogP contribution in [-0.4, -0.2) is 23.1 Å². The zero-order valence-electron chi connectivity index (χ0n) is 13.8. The molecule has 0 radical (unpaired) electrons. The average Bonchev–Trinajstić information content (AvgIpc) is 2.45. The van der Waals surface area contributed by atoms with Crippen LogP contribution in [0.5, 0.6) is 0 Å². The molecule has 0 amide bonds. The molecule has 4 nitrogen and oxygen atoms in total. The number of unbranched alkanes of at least 4 members (excludes halogenated alkanes) is 2. The molecule has 0 unspecified atom stereocenters. The molecular weight excluding hydrogens is 284 g/mol. The Hall–Kier alpha value is -1.03. The van der Waals surface area contributed by atoms with Crippen LogP contribution in [0.15, 0.2) is 6.20 Å². The lowest BCUT2D eigenvalue weighted by Gasteiger charge is -2.25. The molecule has 1 heterocycles. The zero-order valence-corrected chi connectivity index (χ0v) is 14.6. The predicted molar refractivity (Wildman–Crippen MR) is 92.2 cm³/mol. The Balaban J connectivity index is 2.56. The number of anilines is 2. The third kappa shape index (κ3) is 6.98. The van der Waals surface area contributed by atoms with E-state index in [-0.39, 0.29) is 5.41 Å². The Morgan fingerprint density at radius 3 is 2.57 bits per heavy atom. The molecule has 5 heteroatoms. The van der Waals surface area contributed by atoms with Crippen LogP contribution < -0.4 is 10.6 Å². The summed E-state index contributed by atoms with van der Waals surface area (Å²) in [5.74, 6) is 1.35. The Morgan fingerprint density at radius 1 is 1.14 bits per heavy atom. The number of nitrogens with zero attached hydrogens (tertiary/aromatic N) is 2. The van der Waals surface area contributed by atoms with Crippen molar-refractivity contribution in [1.82, 2.24) is 9.97 Å². The molecule has 0 fully saturated rings.